The van der Waals surface area contributed by atoms with Crippen molar-refractivity contribution in [2.24, 2.45) is 0 Å². The molecule has 0 fully saturated rings. The Labute approximate surface area is 63.1 Å². The molecular weight excluding hydrogens is 148 g/mol. The number of aliphatic hydroxyl groups is 2. The Hall–Kier alpha value is -1.13. The second-order valence-electron chi connectivity index (χ2n) is 2.23. The molecule has 0 bridgehead atoms. The number of carboxylic acids is 1. The van der Waals surface area contributed by atoms with Crippen LogP contribution in [0.25, 0.3) is 0 Å². The molecular formula is C7H7O4-. The Morgan fingerprint density at radius 3 is 2.64 bits per heavy atom. The molecule has 2 N–H and O–H groups in total. The van der Waals surface area contributed by atoms with Crippen LogP contribution in [0.15, 0.2) is 23.8 Å². The van der Waals surface area contributed by atoms with E-state index in [9.17, 15) is 9.90 Å². The van der Waals surface area contributed by atoms with Crippen molar-refractivity contribution < 1.29 is 20.1 Å². The zero-order valence-electron chi connectivity index (χ0n) is 5.60. The smallest absolute Gasteiger partial charge is 0.110 e. The fourth-order valence-corrected chi connectivity index (χ4v) is 0.850. The number of carbonyl (C=O) groups is 1. The third kappa shape index (κ3) is 1.47. The van der Waals surface area contributed by atoms with Crippen LogP contribution in [0.2, 0.25) is 0 Å². The zero-order valence-corrected chi connectivity index (χ0v) is 5.60. The van der Waals surface area contributed by atoms with E-state index >= 15 is 0 Å². The van der Waals surface area contributed by atoms with E-state index in [-0.39, 0.29) is 5.57 Å². The molecule has 0 heterocycles. The van der Waals surface area contributed by atoms with Crippen LogP contribution >= 0.6 is 0 Å². The average Bonchev–Trinajstić information content (AvgIpc) is 1.94. The van der Waals surface area contributed by atoms with Crippen LogP contribution in [0, 0.1) is 0 Å². The maximum Gasteiger partial charge on any atom is 0.110 e. The lowest BCUT2D eigenvalue weighted by Gasteiger charge is -2.21. The molecule has 11 heavy (non-hydrogen) atoms. The van der Waals surface area contributed by atoms with Gasteiger partial charge in [-0.2, -0.15) is 0 Å². The van der Waals surface area contributed by atoms with E-state index in [0.29, 0.717) is 0 Å². The molecule has 0 spiro atoms. The Bertz CT molecular complexity index is 229. The number of aliphatic hydroxyl groups excluding tert-OH is 2. The summed E-state index contributed by atoms with van der Waals surface area (Å²) in [7, 11) is 0. The Morgan fingerprint density at radius 2 is 2.18 bits per heavy atom. The lowest BCUT2D eigenvalue weighted by molar-refractivity contribution is -0.300. The standard InChI is InChI=1S/C7H8O4/c8-5-3-1-2-4(6(5)9)7(10)11/h1-3,5-6,8-9H,(H,10,11)/p-1/t5-,6-/m0/s1. The van der Waals surface area contributed by atoms with Crippen LogP contribution in [-0.4, -0.2) is 28.4 Å². The predicted molar refractivity (Wildman–Crippen MR) is 34.2 cm³/mol. The monoisotopic (exact) mass is 155 g/mol. The fraction of sp³-hybridized carbons (Fsp3) is 0.286. The third-order valence-electron chi connectivity index (χ3n) is 1.46. The first-order chi connectivity index (χ1) is 5.13. The van der Waals surface area contributed by atoms with Crippen LogP contribution in [-0.2, 0) is 4.79 Å². The number of carboxylic acid groups (broad SMARTS) is 1. The van der Waals surface area contributed by atoms with E-state index in [0.717, 1.165) is 0 Å². The molecule has 2 atom stereocenters. The van der Waals surface area contributed by atoms with Crippen molar-refractivity contribution in [2.75, 3.05) is 0 Å². The minimum absolute atomic E-state index is 0.292. The number of hydrogen-bond donors (Lipinski definition) is 2. The van der Waals surface area contributed by atoms with Gasteiger partial charge in [0, 0.05) is 5.57 Å². The summed E-state index contributed by atoms with van der Waals surface area (Å²) in [5, 5.41) is 28.2. The first kappa shape index (κ1) is 7.97. The quantitative estimate of drug-likeness (QED) is 0.457. The van der Waals surface area contributed by atoms with E-state index in [1.165, 1.54) is 18.2 Å². The van der Waals surface area contributed by atoms with E-state index in [1.807, 2.05) is 0 Å². The van der Waals surface area contributed by atoms with Gasteiger partial charge in [0.2, 0.25) is 0 Å². The molecule has 1 aliphatic carbocycles. The maximum absolute atomic E-state index is 10.2. The maximum atomic E-state index is 10.2. The van der Waals surface area contributed by atoms with Crippen molar-refractivity contribution >= 4 is 5.97 Å². The lowest BCUT2D eigenvalue weighted by atomic mass is 10.00. The van der Waals surface area contributed by atoms with Gasteiger partial charge < -0.3 is 20.1 Å². The van der Waals surface area contributed by atoms with Crippen molar-refractivity contribution in [3.05, 3.63) is 23.8 Å². The van der Waals surface area contributed by atoms with E-state index in [1.54, 1.807) is 0 Å². The van der Waals surface area contributed by atoms with Gasteiger partial charge >= 0.3 is 0 Å². The van der Waals surface area contributed by atoms with Crippen molar-refractivity contribution in [3.63, 3.8) is 0 Å². The second kappa shape index (κ2) is 2.86. The van der Waals surface area contributed by atoms with Gasteiger partial charge in [-0.3, -0.25) is 0 Å². The fourth-order valence-electron chi connectivity index (χ4n) is 0.850. The van der Waals surface area contributed by atoms with Gasteiger partial charge in [0.1, 0.15) is 12.2 Å². The molecule has 0 aliphatic heterocycles. The van der Waals surface area contributed by atoms with Gasteiger partial charge in [-0.25, -0.2) is 0 Å². The molecule has 1 aliphatic rings. The zero-order chi connectivity index (χ0) is 8.43. The molecule has 0 unspecified atom stereocenters. The van der Waals surface area contributed by atoms with Crippen molar-refractivity contribution in [3.8, 4) is 0 Å². The van der Waals surface area contributed by atoms with Crippen LogP contribution in [0.3, 0.4) is 0 Å². The number of rotatable bonds is 1. The molecule has 0 saturated carbocycles. The highest BCUT2D eigenvalue weighted by Crippen LogP contribution is 2.12. The second-order valence-corrected chi connectivity index (χ2v) is 2.23. The SMILES string of the molecule is O=C([O-])C1=CC=C[C@H](O)[C@H]1O. The minimum Gasteiger partial charge on any atom is -0.545 e. The topological polar surface area (TPSA) is 80.6 Å². The van der Waals surface area contributed by atoms with Gasteiger partial charge in [-0.05, 0) is 0 Å². The van der Waals surface area contributed by atoms with Crippen LogP contribution in [0.5, 0.6) is 0 Å². The van der Waals surface area contributed by atoms with E-state index in [4.69, 9.17) is 10.2 Å². The molecule has 0 radical (unpaired) electrons. The van der Waals surface area contributed by atoms with Crippen molar-refractivity contribution in [2.45, 2.75) is 12.2 Å². The summed E-state index contributed by atoms with van der Waals surface area (Å²) in [5.41, 5.74) is -0.292. The number of carbonyl (C=O) groups excluding carboxylic acids is 1. The van der Waals surface area contributed by atoms with Crippen LogP contribution in [0.1, 0.15) is 0 Å². The normalized spacial score (nSPS) is 29.8. The Balaban J connectivity index is 2.87. The summed E-state index contributed by atoms with van der Waals surface area (Å²) in [4.78, 5) is 10.2. The number of hydrogen-bond acceptors (Lipinski definition) is 4. The molecule has 0 aromatic heterocycles. The first-order valence-electron chi connectivity index (χ1n) is 3.09. The highest BCUT2D eigenvalue weighted by molar-refractivity contribution is 5.86. The summed E-state index contributed by atoms with van der Waals surface area (Å²) < 4.78 is 0. The first-order valence-corrected chi connectivity index (χ1v) is 3.09. The molecule has 0 saturated heterocycles. The van der Waals surface area contributed by atoms with E-state index < -0.39 is 18.2 Å². The van der Waals surface area contributed by atoms with Gasteiger partial charge in [0.25, 0.3) is 0 Å². The summed E-state index contributed by atoms with van der Waals surface area (Å²) in [6, 6.07) is 0. The van der Waals surface area contributed by atoms with Gasteiger partial charge in [0.15, 0.2) is 0 Å². The largest absolute Gasteiger partial charge is 0.545 e. The average molecular weight is 155 g/mol. The van der Waals surface area contributed by atoms with Gasteiger partial charge in [-0.15, -0.1) is 0 Å². The molecule has 0 aromatic carbocycles. The molecule has 0 aromatic rings. The molecule has 0 amide bonds. The summed E-state index contributed by atoms with van der Waals surface area (Å²) in [5.74, 6) is -1.46. The summed E-state index contributed by atoms with van der Waals surface area (Å²) in [6.07, 6.45) is 1.35. The Kier molecular flexibility index (Phi) is 2.07. The minimum atomic E-state index is -1.46. The molecule has 1 rings (SSSR count). The molecule has 4 heteroatoms. The lowest BCUT2D eigenvalue weighted by Crippen LogP contribution is -2.37. The molecule has 60 valence electrons. The highest BCUT2D eigenvalue weighted by atomic mass is 16.4. The summed E-state index contributed by atoms with van der Waals surface area (Å²) >= 11 is 0. The Morgan fingerprint density at radius 1 is 1.55 bits per heavy atom. The number of allylic oxidation sites excluding steroid dienone is 2. The molecule has 4 nitrogen and oxygen atoms in total. The van der Waals surface area contributed by atoms with Crippen LogP contribution < -0.4 is 5.11 Å². The van der Waals surface area contributed by atoms with Crippen molar-refractivity contribution in [1.82, 2.24) is 0 Å². The predicted octanol–water partition coefficient (Wildman–Crippen LogP) is -2.05. The van der Waals surface area contributed by atoms with Gasteiger partial charge in [0.05, 0.1) is 5.97 Å². The third-order valence-corrected chi connectivity index (χ3v) is 1.46. The van der Waals surface area contributed by atoms with Crippen LogP contribution in [0.4, 0.5) is 0 Å². The van der Waals surface area contributed by atoms with E-state index in [2.05, 4.69) is 0 Å². The van der Waals surface area contributed by atoms with Gasteiger partial charge in [-0.1, -0.05) is 18.2 Å². The highest BCUT2D eigenvalue weighted by Gasteiger charge is 2.20. The van der Waals surface area contributed by atoms with Crippen molar-refractivity contribution in [1.29, 1.82) is 0 Å². The number of aliphatic carboxylic acids is 1. The summed E-state index contributed by atoms with van der Waals surface area (Å²) in [6.45, 7) is 0.